The fourth-order valence-corrected chi connectivity index (χ4v) is 3.71. The molecular formula is C21H15N3O6S. The number of nitrogens with one attached hydrogen (secondary N) is 1. The SMILES string of the molecule is O=c1ccnc(SCc2cc(=O)oc3cc(OCc4ccc([N+](=O)[O-])cc4)ccc23)[nH]1. The summed E-state index contributed by atoms with van der Waals surface area (Å²) in [6.07, 6.45) is 1.42. The van der Waals surface area contributed by atoms with Crippen molar-refractivity contribution in [3.63, 3.8) is 0 Å². The first-order valence-corrected chi connectivity index (χ1v) is 10.1. The Hall–Kier alpha value is -3.92. The third-order valence-corrected chi connectivity index (χ3v) is 5.30. The summed E-state index contributed by atoms with van der Waals surface area (Å²) in [6, 6.07) is 14.0. The third kappa shape index (κ3) is 4.98. The zero-order valence-electron chi connectivity index (χ0n) is 15.9. The summed E-state index contributed by atoms with van der Waals surface area (Å²) in [6.45, 7) is 0.205. The van der Waals surface area contributed by atoms with Crippen LogP contribution < -0.4 is 15.9 Å². The summed E-state index contributed by atoms with van der Waals surface area (Å²) >= 11 is 1.30. The van der Waals surface area contributed by atoms with Crippen molar-refractivity contribution in [1.29, 1.82) is 0 Å². The summed E-state index contributed by atoms with van der Waals surface area (Å²) in [7, 11) is 0. The molecule has 4 aromatic rings. The summed E-state index contributed by atoms with van der Waals surface area (Å²) in [5.74, 6) is 0.908. The molecule has 1 N–H and O–H groups in total. The maximum absolute atomic E-state index is 12.0. The highest BCUT2D eigenvalue weighted by Gasteiger charge is 2.10. The van der Waals surface area contributed by atoms with Gasteiger partial charge in [0.05, 0.1) is 4.92 Å². The number of ether oxygens (including phenoxy) is 1. The summed E-state index contributed by atoms with van der Waals surface area (Å²) in [4.78, 5) is 40.4. The molecule has 10 heteroatoms. The first-order chi connectivity index (χ1) is 15.0. The van der Waals surface area contributed by atoms with Gasteiger partial charge in [-0.15, -0.1) is 0 Å². The van der Waals surface area contributed by atoms with Crippen LogP contribution in [0.1, 0.15) is 11.1 Å². The predicted octanol–water partition coefficient (Wildman–Crippen LogP) is 3.66. The molecule has 156 valence electrons. The molecule has 0 saturated heterocycles. The van der Waals surface area contributed by atoms with Crippen molar-refractivity contribution < 1.29 is 14.1 Å². The van der Waals surface area contributed by atoms with E-state index in [1.807, 2.05) is 0 Å². The summed E-state index contributed by atoms with van der Waals surface area (Å²) in [5.41, 5.74) is 1.15. The lowest BCUT2D eigenvalue weighted by Gasteiger charge is -2.09. The fourth-order valence-electron chi connectivity index (χ4n) is 2.87. The molecule has 2 heterocycles. The van der Waals surface area contributed by atoms with E-state index in [0.29, 0.717) is 22.2 Å². The first kappa shape index (κ1) is 20.4. The van der Waals surface area contributed by atoms with E-state index in [1.165, 1.54) is 42.2 Å². The average Bonchev–Trinajstić information content (AvgIpc) is 2.76. The Morgan fingerprint density at radius 3 is 2.65 bits per heavy atom. The zero-order valence-corrected chi connectivity index (χ0v) is 16.8. The molecule has 0 aliphatic heterocycles. The highest BCUT2D eigenvalue weighted by Crippen LogP contribution is 2.27. The number of rotatable bonds is 7. The molecule has 0 aliphatic carbocycles. The quantitative estimate of drug-likeness (QED) is 0.152. The second-order valence-electron chi connectivity index (χ2n) is 6.49. The molecule has 31 heavy (non-hydrogen) atoms. The van der Waals surface area contributed by atoms with Crippen LogP contribution in [0.15, 0.2) is 80.0 Å². The van der Waals surface area contributed by atoms with Crippen molar-refractivity contribution in [2.24, 2.45) is 0 Å². The van der Waals surface area contributed by atoms with E-state index < -0.39 is 10.5 Å². The number of benzene rings is 2. The van der Waals surface area contributed by atoms with Gasteiger partial charge in [0, 0.05) is 47.7 Å². The van der Waals surface area contributed by atoms with Crippen LogP contribution in [0.2, 0.25) is 0 Å². The van der Waals surface area contributed by atoms with Crippen LogP contribution in [-0.4, -0.2) is 14.9 Å². The molecule has 0 aliphatic rings. The van der Waals surface area contributed by atoms with Crippen LogP contribution in [0.5, 0.6) is 5.75 Å². The number of thioether (sulfide) groups is 1. The van der Waals surface area contributed by atoms with Crippen molar-refractivity contribution in [3.05, 3.63) is 103 Å². The van der Waals surface area contributed by atoms with Gasteiger partial charge in [-0.1, -0.05) is 11.8 Å². The van der Waals surface area contributed by atoms with Gasteiger partial charge < -0.3 is 14.1 Å². The van der Waals surface area contributed by atoms with Gasteiger partial charge in [0.2, 0.25) is 0 Å². The smallest absolute Gasteiger partial charge is 0.336 e. The van der Waals surface area contributed by atoms with Crippen molar-refractivity contribution in [2.45, 2.75) is 17.5 Å². The van der Waals surface area contributed by atoms with Crippen molar-refractivity contribution in [1.82, 2.24) is 9.97 Å². The minimum absolute atomic E-state index is 0.0106. The van der Waals surface area contributed by atoms with Crippen molar-refractivity contribution in [3.8, 4) is 5.75 Å². The lowest BCUT2D eigenvalue weighted by Crippen LogP contribution is -2.05. The number of fused-ring (bicyclic) bond motifs is 1. The predicted molar refractivity (Wildman–Crippen MR) is 114 cm³/mol. The van der Waals surface area contributed by atoms with Gasteiger partial charge in [-0.2, -0.15) is 0 Å². The Morgan fingerprint density at radius 1 is 1.10 bits per heavy atom. The van der Waals surface area contributed by atoms with Crippen LogP contribution >= 0.6 is 11.8 Å². The Morgan fingerprint density at radius 2 is 1.90 bits per heavy atom. The largest absolute Gasteiger partial charge is 0.489 e. The highest BCUT2D eigenvalue weighted by atomic mass is 32.2. The number of aromatic amines is 1. The van der Waals surface area contributed by atoms with Gasteiger partial charge in [-0.25, -0.2) is 9.78 Å². The van der Waals surface area contributed by atoms with Gasteiger partial charge in [0.15, 0.2) is 5.16 Å². The van der Waals surface area contributed by atoms with Crippen molar-refractivity contribution >= 4 is 28.4 Å². The number of hydrogen-bond donors (Lipinski definition) is 1. The molecular weight excluding hydrogens is 422 g/mol. The maximum Gasteiger partial charge on any atom is 0.336 e. The molecule has 0 spiro atoms. The van der Waals surface area contributed by atoms with Gasteiger partial charge in [-0.3, -0.25) is 14.9 Å². The fraction of sp³-hybridized carbons (Fsp3) is 0.0952. The number of nitro groups is 1. The lowest BCUT2D eigenvalue weighted by atomic mass is 10.1. The molecule has 0 amide bonds. The molecule has 2 aromatic carbocycles. The molecule has 0 bridgehead atoms. The minimum atomic E-state index is -0.495. The number of H-pyrrole nitrogens is 1. The Bertz CT molecular complexity index is 1360. The summed E-state index contributed by atoms with van der Waals surface area (Å²) in [5, 5.41) is 11.9. The number of nitrogens with zero attached hydrogens (tertiary/aromatic N) is 2. The van der Waals surface area contributed by atoms with Crippen LogP contribution in [0.3, 0.4) is 0 Å². The second kappa shape index (κ2) is 8.84. The monoisotopic (exact) mass is 437 g/mol. The number of hydrogen-bond acceptors (Lipinski definition) is 8. The second-order valence-corrected chi connectivity index (χ2v) is 7.45. The Kier molecular flexibility index (Phi) is 5.80. The van der Waals surface area contributed by atoms with E-state index in [9.17, 15) is 19.7 Å². The summed E-state index contributed by atoms with van der Waals surface area (Å²) < 4.78 is 11.1. The van der Waals surface area contributed by atoms with Crippen LogP contribution in [0.4, 0.5) is 5.69 Å². The lowest BCUT2D eigenvalue weighted by molar-refractivity contribution is -0.384. The molecule has 0 unspecified atom stereocenters. The van der Waals surface area contributed by atoms with E-state index in [-0.39, 0.29) is 17.9 Å². The van der Waals surface area contributed by atoms with Crippen LogP contribution in [0.25, 0.3) is 11.0 Å². The molecule has 4 rings (SSSR count). The average molecular weight is 437 g/mol. The topological polar surface area (TPSA) is 128 Å². The van der Waals surface area contributed by atoms with E-state index >= 15 is 0 Å². The molecule has 0 fully saturated rings. The number of non-ortho nitro benzene ring substituents is 1. The van der Waals surface area contributed by atoms with E-state index in [0.717, 1.165) is 16.5 Å². The maximum atomic E-state index is 12.0. The Labute approximate surface area is 178 Å². The Balaban J connectivity index is 1.51. The van der Waals surface area contributed by atoms with Gasteiger partial charge in [0.1, 0.15) is 17.9 Å². The highest BCUT2D eigenvalue weighted by molar-refractivity contribution is 7.98. The van der Waals surface area contributed by atoms with E-state index in [2.05, 4.69) is 9.97 Å². The molecule has 0 atom stereocenters. The van der Waals surface area contributed by atoms with E-state index in [1.54, 1.807) is 30.3 Å². The first-order valence-electron chi connectivity index (χ1n) is 9.09. The van der Waals surface area contributed by atoms with E-state index in [4.69, 9.17) is 9.15 Å². The minimum Gasteiger partial charge on any atom is -0.489 e. The third-order valence-electron chi connectivity index (χ3n) is 4.37. The normalized spacial score (nSPS) is 10.8. The number of nitro benzene ring substituents is 1. The van der Waals surface area contributed by atoms with Crippen LogP contribution in [0, 0.1) is 10.1 Å². The van der Waals surface area contributed by atoms with Crippen LogP contribution in [-0.2, 0) is 12.4 Å². The van der Waals surface area contributed by atoms with Gasteiger partial charge >= 0.3 is 5.63 Å². The van der Waals surface area contributed by atoms with Crippen molar-refractivity contribution in [2.75, 3.05) is 0 Å². The standard InChI is InChI=1S/C21H15N3O6S/c25-19-7-8-22-21(23-19)31-12-14-9-20(26)30-18-10-16(5-6-17(14)18)29-11-13-1-3-15(4-2-13)24(27)28/h1-10H,11-12H2,(H,22,23,25). The molecule has 0 radical (unpaired) electrons. The molecule has 9 nitrogen and oxygen atoms in total. The molecule has 0 saturated carbocycles. The zero-order chi connectivity index (χ0) is 21.8. The number of aromatic nitrogens is 2. The van der Waals surface area contributed by atoms with Gasteiger partial charge in [0.25, 0.3) is 11.2 Å². The molecule has 2 aromatic heterocycles. The van der Waals surface area contributed by atoms with Gasteiger partial charge in [-0.05, 0) is 35.4 Å².